The van der Waals surface area contributed by atoms with Crippen molar-refractivity contribution in [2.75, 3.05) is 13.2 Å². The molecule has 3 N–H and O–H groups in total. The normalized spacial score (nSPS) is 14.8. The van der Waals surface area contributed by atoms with Crippen molar-refractivity contribution in [1.82, 2.24) is 5.32 Å². The molecule has 0 aliphatic rings. The summed E-state index contributed by atoms with van der Waals surface area (Å²) in [6.45, 7) is 1.13. The number of carbonyl (C=O) groups excluding carboxylic acids is 1. The topological polar surface area (TPSA) is 69.6 Å². The molecule has 2 heterocycles. The molecule has 2 rings (SSSR count). The molecule has 92 valence electrons. The van der Waals surface area contributed by atoms with E-state index < -0.39 is 5.60 Å². The first-order chi connectivity index (χ1) is 8.02. The van der Waals surface area contributed by atoms with E-state index in [9.17, 15) is 9.90 Å². The average Bonchev–Trinajstić information content (AvgIpc) is 2.86. The molecule has 0 aliphatic heterocycles. The van der Waals surface area contributed by atoms with Gasteiger partial charge in [-0.15, -0.1) is 22.7 Å². The quantitative estimate of drug-likeness (QED) is 0.788. The number of amides is 1. The molecule has 0 spiro atoms. The molecule has 2 aromatic heterocycles. The van der Waals surface area contributed by atoms with Crippen molar-refractivity contribution < 1.29 is 15.0 Å². The van der Waals surface area contributed by atoms with Gasteiger partial charge in [0.15, 0.2) is 0 Å². The van der Waals surface area contributed by atoms with Crippen molar-refractivity contribution in [2.45, 2.75) is 12.5 Å². The number of carbonyl (C=O) groups is 1. The minimum Gasteiger partial charge on any atom is -0.393 e. The Bertz CT molecular complexity index is 501. The summed E-state index contributed by atoms with van der Waals surface area (Å²) in [7, 11) is 0. The van der Waals surface area contributed by atoms with Crippen LogP contribution >= 0.6 is 22.7 Å². The number of hydrogen-bond donors (Lipinski definition) is 3. The van der Waals surface area contributed by atoms with Crippen LogP contribution in [0.15, 0.2) is 17.5 Å². The molecule has 0 radical (unpaired) electrons. The van der Waals surface area contributed by atoms with Crippen LogP contribution in [-0.4, -0.2) is 34.9 Å². The van der Waals surface area contributed by atoms with Gasteiger partial charge in [0, 0.05) is 15.9 Å². The Morgan fingerprint density at radius 1 is 1.53 bits per heavy atom. The van der Waals surface area contributed by atoms with E-state index in [0.717, 1.165) is 9.40 Å². The number of nitrogens with one attached hydrogen (secondary N) is 1. The fourth-order valence-electron chi connectivity index (χ4n) is 1.29. The molecule has 4 nitrogen and oxygen atoms in total. The maximum absolute atomic E-state index is 11.8. The van der Waals surface area contributed by atoms with Gasteiger partial charge < -0.3 is 15.5 Å². The Kier molecular flexibility index (Phi) is 3.48. The Balaban J connectivity index is 2.03. The van der Waals surface area contributed by atoms with Gasteiger partial charge in [0.05, 0.1) is 11.5 Å². The van der Waals surface area contributed by atoms with Gasteiger partial charge in [-0.25, -0.2) is 0 Å². The number of thiophene rings is 2. The third kappa shape index (κ3) is 2.84. The predicted molar refractivity (Wildman–Crippen MR) is 69.7 cm³/mol. The maximum atomic E-state index is 11.8. The van der Waals surface area contributed by atoms with Gasteiger partial charge >= 0.3 is 0 Å². The molecular weight excluding hydrogens is 258 g/mol. The molecule has 0 aromatic carbocycles. The van der Waals surface area contributed by atoms with E-state index in [0.29, 0.717) is 4.88 Å². The highest BCUT2D eigenvalue weighted by Crippen LogP contribution is 2.29. The second-order valence-corrected chi connectivity index (χ2v) is 6.13. The highest BCUT2D eigenvalue weighted by Gasteiger charge is 2.20. The second-order valence-electron chi connectivity index (χ2n) is 4.10. The highest BCUT2D eigenvalue weighted by molar-refractivity contribution is 7.27. The Labute approximate surface area is 107 Å². The summed E-state index contributed by atoms with van der Waals surface area (Å²) in [6, 6.07) is 3.82. The summed E-state index contributed by atoms with van der Waals surface area (Å²) in [4.78, 5) is 12.4. The van der Waals surface area contributed by atoms with E-state index in [1.54, 1.807) is 11.3 Å². The van der Waals surface area contributed by atoms with E-state index >= 15 is 0 Å². The first kappa shape index (κ1) is 12.5. The third-order valence-electron chi connectivity index (χ3n) is 2.33. The SMILES string of the molecule is CC(O)(CO)CNC(=O)c1cc2sccc2s1. The molecular formula is C11H13NO3S2. The van der Waals surface area contributed by atoms with Crippen LogP contribution in [0.4, 0.5) is 0 Å². The van der Waals surface area contributed by atoms with Crippen LogP contribution in [0.3, 0.4) is 0 Å². The summed E-state index contributed by atoms with van der Waals surface area (Å²) in [5, 5.41) is 23.0. The molecule has 1 amide bonds. The van der Waals surface area contributed by atoms with Gasteiger partial charge in [-0.05, 0) is 24.4 Å². The monoisotopic (exact) mass is 271 g/mol. The van der Waals surface area contributed by atoms with E-state index in [2.05, 4.69) is 5.32 Å². The summed E-state index contributed by atoms with van der Waals surface area (Å²) < 4.78 is 2.18. The predicted octanol–water partition coefficient (Wildman–Crippen LogP) is 1.44. The summed E-state index contributed by atoms with van der Waals surface area (Å²) in [5.41, 5.74) is -1.27. The van der Waals surface area contributed by atoms with Crippen LogP contribution in [0.2, 0.25) is 0 Å². The highest BCUT2D eigenvalue weighted by atomic mass is 32.1. The molecule has 0 aliphatic carbocycles. The lowest BCUT2D eigenvalue weighted by Crippen LogP contribution is -2.43. The lowest BCUT2D eigenvalue weighted by molar-refractivity contribution is 0.00323. The Hall–Kier alpha value is -0.950. The van der Waals surface area contributed by atoms with Crippen LogP contribution in [-0.2, 0) is 0 Å². The van der Waals surface area contributed by atoms with Crippen molar-refractivity contribution in [1.29, 1.82) is 0 Å². The Morgan fingerprint density at radius 3 is 2.94 bits per heavy atom. The molecule has 1 atom stereocenters. The third-order valence-corrected chi connectivity index (χ3v) is 4.43. The van der Waals surface area contributed by atoms with E-state index in [4.69, 9.17) is 5.11 Å². The lowest BCUT2D eigenvalue weighted by Gasteiger charge is -2.20. The largest absolute Gasteiger partial charge is 0.393 e. The molecule has 17 heavy (non-hydrogen) atoms. The van der Waals surface area contributed by atoms with Crippen molar-refractivity contribution in [2.24, 2.45) is 0 Å². The van der Waals surface area contributed by atoms with Crippen molar-refractivity contribution in [3.8, 4) is 0 Å². The van der Waals surface area contributed by atoms with Crippen molar-refractivity contribution in [3.63, 3.8) is 0 Å². The summed E-state index contributed by atoms with van der Waals surface area (Å²) in [6.07, 6.45) is 0. The molecule has 0 saturated heterocycles. The lowest BCUT2D eigenvalue weighted by atomic mass is 10.1. The standard InChI is InChI=1S/C11H13NO3S2/c1-11(15,6-13)5-12-10(14)9-4-8-7(17-9)2-3-16-8/h2-4,13,15H,5-6H2,1H3,(H,12,14). The first-order valence-electron chi connectivity index (χ1n) is 5.10. The zero-order valence-corrected chi connectivity index (χ0v) is 10.9. The van der Waals surface area contributed by atoms with Crippen LogP contribution in [0.25, 0.3) is 9.40 Å². The minimum atomic E-state index is -1.27. The molecule has 2 aromatic rings. The van der Waals surface area contributed by atoms with Gasteiger partial charge in [0.25, 0.3) is 5.91 Å². The zero-order valence-electron chi connectivity index (χ0n) is 9.27. The smallest absolute Gasteiger partial charge is 0.261 e. The number of aliphatic hydroxyl groups is 2. The average molecular weight is 271 g/mol. The number of rotatable bonds is 4. The van der Waals surface area contributed by atoms with Crippen molar-refractivity contribution in [3.05, 3.63) is 22.4 Å². The maximum Gasteiger partial charge on any atom is 0.261 e. The zero-order chi connectivity index (χ0) is 12.5. The first-order valence-corrected chi connectivity index (χ1v) is 6.80. The molecule has 1 unspecified atom stereocenters. The van der Waals surface area contributed by atoms with Crippen molar-refractivity contribution >= 4 is 38.0 Å². The van der Waals surface area contributed by atoms with E-state index in [-0.39, 0.29) is 19.1 Å². The van der Waals surface area contributed by atoms with E-state index in [1.165, 1.54) is 18.3 Å². The van der Waals surface area contributed by atoms with E-state index in [1.807, 2.05) is 17.5 Å². The van der Waals surface area contributed by atoms with Gasteiger partial charge in [-0.3, -0.25) is 4.79 Å². The van der Waals surface area contributed by atoms with Gasteiger partial charge in [0.1, 0.15) is 5.60 Å². The number of aliphatic hydroxyl groups excluding tert-OH is 1. The van der Waals surface area contributed by atoms with Gasteiger partial charge in [0.2, 0.25) is 0 Å². The van der Waals surface area contributed by atoms with Crippen LogP contribution in [0.5, 0.6) is 0 Å². The van der Waals surface area contributed by atoms with Crippen LogP contribution in [0, 0.1) is 0 Å². The van der Waals surface area contributed by atoms with Crippen LogP contribution in [0.1, 0.15) is 16.6 Å². The molecule has 0 bridgehead atoms. The Morgan fingerprint density at radius 2 is 2.29 bits per heavy atom. The molecule has 0 fully saturated rings. The van der Waals surface area contributed by atoms with Gasteiger partial charge in [-0.2, -0.15) is 0 Å². The minimum absolute atomic E-state index is 0.0356. The summed E-state index contributed by atoms with van der Waals surface area (Å²) >= 11 is 3.02. The molecule has 0 saturated carbocycles. The van der Waals surface area contributed by atoms with Gasteiger partial charge in [-0.1, -0.05) is 0 Å². The molecule has 6 heteroatoms. The fraction of sp³-hybridized carbons (Fsp3) is 0.364. The summed E-state index contributed by atoms with van der Waals surface area (Å²) in [5.74, 6) is -0.216. The fourth-order valence-corrected chi connectivity index (χ4v) is 3.32. The number of fused-ring (bicyclic) bond motifs is 1. The second kappa shape index (κ2) is 4.73. The van der Waals surface area contributed by atoms with Crippen LogP contribution < -0.4 is 5.32 Å². The number of hydrogen-bond acceptors (Lipinski definition) is 5.